The molecule has 0 aromatic heterocycles. The van der Waals surface area contributed by atoms with E-state index in [1.807, 2.05) is 0 Å². The van der Waals surface area contributed by atoms with Crippen LogP contribution < -0.4 is 0 Å². The molecule has 5 atom stereocenters. The highest BCUT2D eigenvalue weighted by Gasteiger charge is 2.47. The zero-order valence-electron chi connectivity index (χ0n) is 13.2. The zero-order valence-corrected chi connectivity index (χ0v) is 13.2. The van der Waals surface area contributed by atoms with E-state index < -0.39 is 0 Å². The molecule has 0 radical (unpaired) electrons. The molecule has 1 fully saturated rings. The van der Waals surface area contributed by atoms with Crippen molar-refractivity contribution in [2.45, 2.75) is 74.1 Å². The minimum atomic E-state index is 0.533. The standard InChI is InChI=1S/C17H34/c1-8-12(4)16-13(5)11-14(16)15(9-2)17(6,7)10-3/h12-16H,8-11H2,1-7H3. The van der Waals surface area contributed by atoms with Gasteiger partial charge in [0.2, 0.25) is 0 Å². The van der Waals surface area contributed by atoms with Gasteiger partial charge in [0.05, 0.1) is 0 Å². The summed E-state index contributed by atoms with van der Waals surface area (Å²) in [4.78, 5) is 0. The summed E-state index contributed by atoms with van der Waals surface area (Å²) in [5.41, 5.74) is 0.533. The lowest BCUT2D eigenvalue weighted by Gasteiger charge is -2.54. The molecular weight excluding hydrogens is 204 g/mol. The molecular formula is C17H34. The lowest BCUT2D eigenvalue weighted by molar-refractivity contribution is -0.0497. The van der Waals surface area contributed by atoms with Crippen molar-refractivity contribution < 1.29 is 0 Å². The van der Waals surface area contributed by atoms with Crippen molar-refractivity contribution in [1.29, 1.82) is 0 Å². The summed E-state index contributed by atoms with van der Waals surface area (Å²) in [6.07, 6.45) is 5.53. The van der Waals surface area contributed by atoms with Crippen LogP contribution in [-0.4, -0.2) is 0 Å². The van der Waals surface area contributed by atoms with E-state index in [0.717, 1.165) is 29.6 Å². The van der Waals surface area contributed by atoms with Gasteiger partial charge in [-0.1, -0.05) is 67.7 Å². The second-order valence-electron chi connectivity index (χ2n) is 7.20. The molecule has 1 aliphatic carbocycles. The maximum absolute atomic E-state index is 2.48. The lowest BCUT2D eigenvalue weighted by atomic mass is 9.51. The van der Waals surface area contributed by atoms with Crippen LogP contribution in [0.2, 0.25) is 0 Å². The third-order valence-corrected chi connectivity index (χ3v) is 5.97. The van der Waals surface area contributed by atoms with Crippen LogP contribution in [0.25, 0.3) is 0 Å². The van der Waals surface area contributed by atoms with E-state index in [0.29, 0.717) is 5.41 Å². The van der Waals surface area contributed by atoms with Gasteiger partial charge < -0.3 is 0 Å². The molecule has 0 aromatic carbocycles. The Kier molecular flexibility index (Phi) is 5.10. The fraction of sp³-hybridized carbons (Fsp3) is 1.00. The van der Waals surface area contributed by atoms with E-state index in [4.69, 9.17) is 0 Å². The summed E-state index contributed by atoms with van der Waals surface area (Å²) < 4.78 is 0. The predicted molar refractivity (Wildman–Crippen MR) is 78.1 cm³/mol. The lowest BCUT2D eigenvalue weighted by Crippen LogP contribution is -2.47. The first-order chi connectivity index (χ1) is 7.88. The van der Waals surface area contributed by atoms with Gasteiger partial charge in [-0.2, -0.15) is 0 Å². The fourth-order valence-corrected chi connectivity index (χ4v) is 4.35. The summed E-state index contributed by atoms with van der Waals surface area (Å²) in [5.74, 6) is 4.82. The molecule has 102 valence electrons. The second-order valence-corrected chi connectivity index (χ2v) is 7.20. The SMILES string of the molecule is CCC(C)C1C(C)CC1C(CC)C(C)(C)CC. The monoisotopic (exact) mass is 238 g/mol. The Morgan fingerprint density at radius 1 is 1.12 bits per heavy atom. The van der Waals surface area contributed by atoms with Gasteiger partial charge in [-0.05, 0) is 41.4 Å². The molecule has 0 heteroatoms. The smallest absolute Gasteiger partial charge is 0.0326 e. The molecule has 17 heavy (non-hydrogen) atoms. The van der Waals surface area contributed by atoms with Gasteiger partial charge in [-0.25, -0.2) is 0 Å². The topological polar surface area (TPSA) is 0 Å². The van der Waals surface area contributed by atoms with E-state index in [9.17, 15) is 0 Å². The zero-order chi connectivity index (χ0) is 13.2. The van der Waals surface area contributed by atoms with Crippen molar-refractivity contribution in [3.05, 3.63) is 0 Å². The van der Waals surface area contributed by atoms with Crippen molar-refractivity contribution in [2.24, 2.45) is 35.0 Å². The summed E-state index contributed by atoms with van der Waals surface area (Å²) >= 11 is 0. The minimum absolute atomic E-state index is 0.533. The van der Waals surface area contributed by atoms with Crippen LogP contribution in [0.4, 0.5) is 0 Å². The molecule has 0 saturated heterocycles. The maximum Gasteiger partial charge on any atom is -0.0326 e. The van der Waals surface area contributed by atoms with Crippen molar-refractivity contribution in [3.63, 3.8) is 0 Å². The van der Waals surface area contributed by atoms with Crippen LogP contribution in [0.15, 0.2) is 0 Å². The molecule has 0 N–H and O–H groups in total. The second kappa shape index (κ2) is 5.76. The Bertz CT molecular complexity index is 228. The third kappa shape index (κ3) is 2.88. The Balaban J connectivity index is 2.77. The predicted octanol–water partition coefficient (Wildman–Crippen LogP) is 5.77. The molecule has 0 aliphatic heterocycles. The van der Waals surface area contributed by atoms with Crippen LogP contribution in [-0.2, 0) is 0 Å². The van der Waals surface area contributed by atoms with E-state index in [1.54, 1.807) is 0 Å². The third-order valence-electron chi connectivity index (χ3n) is 5.97. The first kappa shape index (κ1) is 15.1. The number of hydrogen-bond donors (Lipinski definition) is 0. The Hall–Kier alpha value is 0. The fourth-order valence-electron chi connectivity index (χ4n) is 4.35. The van der Waals surface area contributed by atoms with Gasteiger partial charge in [-0.15, -0.1) is 0 Å². The molecule has 1 saturated carbocycles. The van der Waals surface area contributed by atoms with Crippen LogP contribution in [0.3, 0.4) is 0 Å². The van der Waals surface area contributed by atoms with Crippen LogP contribution in [0, 0.1) is 35.0 Å². The highest BCUT2D eigenvalue weighted by Crippen LogP contribution is 2.54. The van der Waals surface area contributed by atoms with Gasteiger partial charge >= 0.3 is 0 Å². The van der Waals surface area contributed by atoms with Gasteiger partial charge in [0.1, 0.15) is 0 Å². The van der Waals surface area contributed by atoms with Crippen LogP contribution in [0.5, 0.6) is 0 Å². The average Bonchev–Trinajstić information content (AvgIpc) is 2.28. The first-order valence-corrected chi connectivity index (χ1v) is 7.88. The van der Waals surface area contributed by atoms with Crippen LogP contribution >= 0.6 is 0 Å². The molecule has 5 unspecified atom stereocenters. The minimum Gasteiger partial charge on any atom is -0.0651 e. The van der Waals surface area contributed by atoms with Crippen LogP contribution in [0.1, 0.15) is 74.1 Å². The van der Waals surface area contributed by atoms with E-state index in [2.05, 4.69) is 48.5 Å². The van der Waals surface area contributed by atoms with E-state index in [-0.39, 0.29) is 0 Å². The molecule has 1 aliphatic rings. The highest BCUT2D eigenvalue weighted by atomic mass is 14.5. The Labute approximate surface area is 110 Å². The summed E-state index contributed by atoms with van der Waals surface area (Å²) in [6.45, 7) is 17.0. The Morgan fingerprint density at radius 3 is 2.06 bits per heavy atom. The normalized spacial score (nSPS) is 33.0. The number of rotatable bonds is 6. The summed E-state index contributed by atoms with van der Waals surface area (Å²) in [5, 5.41) is 0. The highest BCUT2D eigenvalue weighted by molar-refractivity contribution is 4.96. The largest absolute Gasteiger partial charge is 0.0651 e. The maximum atomic E-state index is 2.48. The molecule has 0 nitrogen and oxygen atoms in total. The molecule has 0 heterocycles. The van der Waals surface area contributed by atoms with Gasteiger partial charge in [-0.3, -0.25) is 0 Å². The molecule has 0 bridgehead atoms. The summed E-state index contributed by atoms with van der Waals surface area (Å²) in [6, 6.07) is 0. The van der Waals surface area contributed by atoms with Gasteiger partial charge in [0.15, 0.2) is 0 Å². The average molecular weight is 238 g/mol. The number of hydrogen-bond acceptors (Lipinski definition) is 0. The molecule has 0 aromatic rings. The van der Waals surface area contributed by atoms with Crippen molar-refractivity contribution in [1.82, 2.24) is 0 Å². The van der Waals surface area contributed by atoms with Crippen molar-refractivity contribution in [2.75, 3.05) is 0 Å². The first-order valence-electron chi connectivity index (χ1n) is 7.88. The molecule has 0 amide bonds. The quantitative estimate of drug-likeness (QED) is 0.551. The summed E-state index contributed by atoms with van der Waals surface area (Å²) in [7, 11) is 0. The van der Waals surface area contributed by atoms with E-state index in [1.165, 1.54) is 25.7 Å². The van der Waals surface area contributed by atoms with Crippen molar-refractivity contribution >= 4 is 0 Å². The van der Waals surface area contributed by atoms with Gasteiger partial charge in [0, 0.05) is 0 Å². The van der Waals surface area contributed by atoms with Crippen molar-refractivity contribution in [3.8, 4) is 0 Å². The Morgan fingerprint density at radius 2 is 1.71 bits per heavy atom. The van der Waals surface area contributed by atoms with Gasteiger partial charge in [0.25, 0.3) is 0 Å². The molecule has 0 spiro atoms. The molecule has 1 rings (SSSR count). The van der Waals surface area contributed by atoms with E-state index >= 15 is 0 Å².